The SMILES string of the molecule is O=C(c1cccc(Oc2ccncc2)c1)N1CCC[C@@H]1CO. The molecule has 0 spiro atoms. The van der Waals surface area contributed by atoms with Gasteiger partial charge in [0.25, 0.3) is 5.91 Å². The number of aliphatic hydroxyl groups is 1. The highest BCUT2D eigenvalue weighted by atomic mass is 16.5. The van der Waals surface area contributed by atoms with Crippen LogP contribution in [0.3, 0.4) is 0 Å². The number of amides is 1. The number of hydrogen-bond donors (Lipinski definition) is 1. The molecule has 1 saturated heterocycles. The zero-order valence-electron chi connectivity index (χ0n) is 12.2. The number of rotatable bonds is 4. The predicted octanol–water partition coefficient (Wildman–Crippen LogP) is 2.47. The first-order valence-corrected chi connectivity index (χ1v) is 7.37. The van der Waals surface area contributed by atoms with E-state index in [0.717, 1.165) is 12.8 Å². The average Bonchev–Trinajstić information content (AvgIpc) is 3.04. The molecule has 0 bridgehead atoms. The molecule has 2 aromatic rings. The Morgan fingerprint density at radius 2 is 2.09 bits per heavy atom. The molecule has 1 amide bonds. The number of carbonyl (C=O) groups is 1. The second kappa shape index (κ2) is 6.58. The molecule has 0 radical (unpaired) electrons. The second-order valence-corrected chi connectivity index (χ2v) is 5.29. The third-order valence-electron chi connectivity index (χ3n) is 3.82. The minimum atomic E-state index is -0.0720. The predicted molar refractivity (Wildman–Crippen MR) is 81.9 cm³/mol. The Kier molecular flexibility index (Phi) is 4.34. The number of hydrogen-bond acceptors (Lipinski definition) is 4. The van der Waals surface area contributed by atoms with Crippen LogP contribution in [0.15, 0.2) is 48.8 Å². The molecule has 1 aromatic heterocycles. The van der Waals surface area contributed by atoms with Gasteiger partial charge in [-0.2, -0.15) is 0 Å². The Morgan fingerprint density at radius 1 is 1.27 bits per heavy atom. The standard InChI is InChI=1S/C17H18N2O3/c20-12-14-4-2-10-19(14)17(21)13-3-1-5-16(11-13)22-15-6-8-18-9-7-15/h1,3,5-9,11,14,20H,2,4,10,12H2/t14-/m1/s1. The van der Waals surface area contributed by atoms with Crippen LogP contribution in [0.1, 0.15) is 23.2 Å². The molecule has 1 aliphatic rings. The van der Waals surface area contributed by atoms with E-state index in [1.165, 1.54) is 0 Å². The normalized spacial score (nSPS) is 17.5. The van der Waals surface area contributed by atoms with Crippen molar-refractivity contribution in [3.8, 4) is 11.5 Å². The van der Waals surface area contributed by atoms with Crippen molar-refractivity contribution in [1.82, 2.24) is 9.88 Å². The van der Waals surface area contributed by atoms with Crippen LogP contribution in [0.4, 0.5) is 0 Å². The van der Waals surface area contributed by atoms with Gasteiger partial charge in [-0.15, -0.1) is 0 Å². The summed E-state index contributed by atoms with van der Waals surface area (Å²) in [5.41, 5.74) is 0.576. The van der Waals surface area contributed by atoms with E-state index in [1.807, 2.05) is 6.07 Å². The van der Waals surface area contributed by atoms with Gasteiger partial charge in [0.2, 0.25) is 0 Å². The Bertz CT molecular complexity index is 645. The van der Waals surface area contributed by atoms with Gasteiger partial charge >= 0.3 is 0 Å². The number of carbonyl (C=O) groups excluding carboxylic acids is 1. The lowest BCUT2D eigenvalue weighted by atomic mass is 10.1. The molecule has 0 saturated carbocycles. The summed E-state index contributed by atoms with van der Waals surface area (Å²) >= 11 is 0. The lowest BCUT2D eigenvalue weighted by Crippen LogP contribution is -2.37. The van der Waals surface area contributed by atoms with Crippen molar-refractivity contribution < 1.29 is 14.6 Å². The van der Waals surface area contributed by atoms with Crippen LogP contribution in [0.5, 0.6) is 11.5 Å². The number of ether oxygens (including phenoxy) is 1. The summed E-state index contributed by atoms with van der Waals surface area (Å²) in [6, 6.07) is 10.6. The molecule has 0 unspecified atom stereocenters. The van der Waals surface area contributed by atoms with E-state index in [4.69, 9.17) is 4.74 Å². The summed E-state index contributed by atoms with van der Waals surface area (Å²) in [6.07, 6.45) is 5.10. The van der Waals surface area contributed by atoms with E-state index < -0.39 is 0 Å². The van der Waals surface area contributed by atoms with Crippen LogP contribution in [0.25, 0.3) is 0 Å². The Balaban J connectivity index is 1.77. The molecule has 1 N–H and O–H groups in total. The maximum atomic E-state index is 12.6. The van der Waals surface area contributed by atoms with Crippen LogP contribution >= 0.6 is 0 Å². The summed E-state index contributed by atoms with van der Waals surface area (Å²) in [5, 5.41) is 9.36. The second-order valence-electron chi connectivity index (χ2n) is 5.29. The molecule has 1 fully saturated rings. The first kappa shape index (κ1) is 14.5. The number of nitrogens with zero attached hydrogens (tertiary/aromatic N) is 2. The molecule has 0 aliphatic carbocycles. The number of pyridine rings is 1. The van der Waals surface area contributed by atoms with Gasteiger partial charge < -0.3 is 14.7 Å². The number of aromatic nitrogens is 1. The minimum Gasteiger partial charge on any atom is -0.457 e. The number of benzene rings is 1. The van der Waals surface area contributed by atoms with Gasteiger partial charge in [0.05, 0.1) is 12.6 Å². The molecule has 22 heavy (non-hydrogen) atoms. The van der Waals surface area contributed by atoms with E-state index in [-0.39, 0.29) is 18.6 Å². The van der Waals surface area contributed by atoms with Crippen molar-refractivity contribution in [3.63, 3.8) is 0 Å². The van der Waals surface area contributed by atoms with Gasteiger partial charge in [-0.25, -0.2) is 0 Å². The summed E-state index contributed by atoms with van der Waals surface area (Å²) in [5.74, 6) is 1.22. The van der Waals surface area contributed by atoms with Gasteiger partial charge in [0.1, 0.15) is 11.5 Å². The molecular weight excluding hydrogens is 280 g/mol. The van der Waals surface area contributed by atoms with Gasteiger partial charge in [0, 0.05) is 24.5 Å². The summed E-state index contributed by atoms with van der Waals surface area (Å²) in [4.78, 5) is 18.3. The highest BCUT2D eigenvalue weighted by molar-refractivity contribution is 5.95. The van der Waals surface area contributed by atoms with Crippen molar-refractivity contribution in [3.05, 3.63) is 54.4 Å². The lowest BCUT2D eigenvalue weighted by Gasteiger charge is -2.23. The zero-order chi connectivity index (χ0) is 15.4. The van der Waals surface area contributed by atoms with E-state index in [9.17, 15) is 9.90 Å². The van der Waals surface area contributed by atoms with Crippen molar-refractivity contribution in [2.24, 2.45) is 0 Å². The van der Waals surface area contributed by atoms with Crippen LogP contribution in [0.2, 0.25) is 0 Å². The summed E-state index contributed by atoms with van der Waals surface area (Å²) in [7, 11) is 0. The Hall–Kier alpha value is -2.40. The van der Waals surface area contributed by atoms with Crippen molar-refractivity contribution >= 4 is 5.91 Å². The number of likely N-dealkylation sites (tertiary alicyclic amines) is 1. The maximum absolute atomic E-state index is 12.6. The average molecular weight is 298 g/mol. The lowest BCUT2D eigenvalue weighted by molar-refractivity contribution is 0.0677. The largest absolute Gasteiger partial charge is 0.457 e. The van der Waals surface area contributed by atoms with Crippen molar-refractivity contribution in [2.45, 2.75) is 18.9 Å². The van der Waals surface area contributed by atoms with Crippen molar-refractivity contribution in [1.29, 1.82) is 0 Å². The van der Waals surface area contributed by atoms with Crippen LogP contribution < -0.4 is 4.74 Å². The summed E-state index contributed by atoms with van der Waals surface area (Å²) in [6.45, 7) is 0.707. The van der Waals surface area contributed by atoms with E-state index in [0.29, 0.717) is 23.6 Å². The highest BCUT2D eigenvalue weighted by Gasteiger charge is 2.28. The summed E-state index contributed by atoms with van der Waals surface area (Å²) < 4.78 is 5.72. The van der Waals surface area contributed by atoms with Gasteiger partial charge in [-0.1, -0.05) is 6.07 Å². The molecule has 1 aliphatic heterocycles. The molecule has 114 valence electrons. The number of aliphatic hydroxyl groups excluding tert-OH is 1. The fourth-order valence-electron chi connectivity index (χ4n) is 2.69. The fourth-order valence-corrected chi connectivity index (χ4v) is 2.69. The minimum absolute atomic E-state index is 0.0128. The highest BCUT2D eigenvalue weighted by Crippen LogP contribution is 2.24. The maximum Gasteiger partial charge on any atom is 0.254 e. The van der Waals surface area contributed by atoms with E-state index in [1.54, 1.807) is 47.6 Å². The molecule has 5 nitrogen and oxygen atoms in total. The molecule has 1 atom stereocenters. The van der Waals surface area contributed by atoms with E-state index in [2.05, 4.69) is 4.98 Å². The Morgan fingerprint density at radius 3 is 2.86 bits per heavy atom. The first-order chi connectivity index (χ1) is 10.8. The molecular formula is C17H18N2O3. The third-order valence-corrected chi connectivity index (χ3v) is 3.82. The van der Waals surface area contributed by atoms with Crippen LogP contribution in [-0.4, -0.2) is 40.1 Å². The zero-order valence-corrected chi connectivity index (χ0v) is 12.2. The van der Waals surface area contributed by atoms with Crippen molar-refractivity contribution in [2.75, 3.05) is 13.2 Å². The van der Waals surface area contributed by atoms with E-state index >= 15 is 0 Å². The first-order valence-electron chi connectivity index (χ1n) is 7.37. The van der Waals surface area contributed by atoms with Crippen LogP contribution in [-0.2, 0) is 0 Å². The molecule has 2 heterocycles. The topological polar surface area (TPSA) is 62.7 Å². The smallest absolute Gasteiger partial charge is 0.254 e. The van der Waals surface area contributed by atoms with Gasteiger partial charge in [-0.3, -0.25) is 9.78 Å². The molecule has 3 rings (SSSR count). The molecule has 5 heteroatoms. The quantitative estimate of drug-likeness (QED) is 0.942. The van der Waals surface area contributed by atoms with Crippen LogP contribution in [0, 0.1) is 0 Å². The monoisotopic (exact) mass is 298 g/mol. The van der Waals surface area contributed by atoms with Gasteiger partial charge in [-0.05, 0) is 43.2 Å². The Labute approximate surface area is 129 Å². The fraction of sp³-hybridized carbons (Fsp3) is 0.294. The molecule has 1 aromatic carbocycles. The third kappa shape index (κ3) is 3.09. The van der Waals surface area contributed by atoms with Gasteiger partial charge in [0.15, 0.2) is 0 Å².